The lowest BCUT2D eigenvalue weighted by molar-refractivity contribution is 0.271. The van der Waals surface area contributed by atoms with Crippen molar-refractivity contribution in [2.75, 3.05) is 11.9 Å². The minimum Gasteiger partial charge on any atom is -0.493 e. The zero-order chi connectivity index (χ0) is 15.4. The van der Waals surface area contributed by atoms with Gasteiger partial charge in [0.25, 0.3) is 0 Å². The molecule has 0 bridgehead atoms. The van der Waals surface area contributed by atoms with E-state index in [-0.39, 0.29) is 6.04 Å². The molecule has 1 atom stereocenters. The summed E-state index contributed by atoms with van der Waals surface area (Å²) in [5, 5.41) is 4.65. The van der Waals surface area contributed by atoms with Crippen LogP contribution in [0.2, 0.25) is 0 Å². The van der Waals surface area contributed by atoms with E-state index in [1.165, 1.54) is 4.88 Å². The number of ether oxygens (including phenoxy) is 1. The highest BCUT2D eigenvalue weighted by Crippen LogP contribution is 2.28. The van der Waals surface area contributed by atoms with E-state index in [0.29, 0.717) is 5.92 Å². The van der Waals surface area contributed by atoms with Crippen molar-refractivity contribution < 1.29 is 4.74 Å². The second kappa shape index (κ2) is 6.94. The number of hydrogen-bond donors (Lipinski definition) is 1. The highest BCUT2D eigenvalue weighted by atomic mass is 32.1. The number of aromatic nitrogens is 1. The van der Waals surface area contributed by atoms with E-state index >= 15 is 0 Å². The van der Waals surface area contributed by atoms with Crippen LogP contribution in [0, 0.1) is 19.8 Å². The largest absolute Gasteiger partial charge is 0.493 e. The molecule has 0 amide bonds. The highest BCUT2D eigenvalue weighted by molar-refractivity contribution is 7.11. The number of thiazole rings is 1. The van der Waals surface area contributed by atoms with E-state index in [4.69, 9.17) is 4.74 Å². The molecular weight excluding hydrogens is 280 g/mol. The van der Waals surface area contributed by atoms with E-state index in [2.05, 4.69) is 50.1 Å². The van der Waals surface area contributed by atoms with Crippen LogP contribution in [-0.2, 0) is 0 Å². The number of rotatable bonds is 6. The molecule has 0 saturated carbocycles. The number of benzene rings is 1. The van der Waals surface area contributed by atoms with Gasteiger partial charge >= 0.3 is 0 Å². The standard InChI is InChI=1S/C17H24N2OS/c1-11(2)10-20-16-8-6-7-15(9-16)19-13(4)17-12(3)18-14(5)21-17/h6-9,11,13,19H,10H2,1-5H3. The molecule has 1 N–H and O–H groups in total. The first-order valence-electron chi connectivity index (χ1n) is 7.39. The summed E-state index contributed by atoms with van der Waals surface area (Å²) >= 11 is 1.76. The molecule has 4 heteroatoms. The van der Waals surface area contributed by atoms with Gasteiger partial charge in [-0.2, -0.15) is 0 Å². The predicted molar refractivity (Wildman–Crippen MR) is 90.4 cm³/mol. The first-order valence-corrected chi connectivity index (χ1v) is 8.20. The molecule has 0 saturated heterocycles. The van der Waals surface area contributed by atoms with Gasteiger partial charge in [-0.3, -0.25) is 0 Å². The van der Waals surface area contributed by atoms with Crippen molar-refractivity contribution in [3.8, 4) is 5.75 Å². The predicted octanol–water partition coefficient (Wildman–Crippen LogP) is 4.97. The van der Waals surface area contributed by atoms with E-state index in [9.17, 15) is 0 Å². The Bertz CT molecular complexity index is 592. The summed E-state index contributed by atoms with van der Waals surface area (Å²) in [4.78, 5) is 5.79. The van der Waals surface area contributed by atoms with Crippen LogP contribution in [-0.4, -0.2) is 11.6 Å². The fourth-order valence-corrected chi connectivity index (χ4v) is 3.13. The lowest BCUT2D eigenvalue weighted by Crippen LogP contribution is -2.07. The second-order valence-electron chi connectivity index (χ2n) is 5.78. The van der Waals surface area contributed by atoms with Crippen LogP contribution in [0.4, 0.5) is 5.69 Å². The zero-order valence-corrected chi connectivity index (χ0v) is 14.3. The first-order chi connectivity index (χ1) is 9.95. The fourth-order valence-electron chi connectivity index (χ4n) is 2.20. The number of nitrogens with one attached hydrogen (secondary N) is 1. The van der Waals surface area contributed by atoms with Gasteiger partial charge in [-0.1, -0.05) is 19.9 Å². The maximum atomic E-state index is 5.77. The van der Waals surface area contributed by atoms with E-state index in [0.717, 1.165) is 28.7 Å². The summed E-state index contributed by atoms with van der Waals surface area (Å²) in [6, 6.07) is 8.40. The SMILES string of the molecule is Cc1nc(C)c(C(C)Nc2cccc(OCC(C)C)c2)s1. The summed E-state index contributed by atoms with van der Waals surface area (Å²) in [6.07, 6.45) is 0. The molecule has 2 rings (SSSR count). The van der Waals surface area contributed by atoms with Gasteiger partial charge in [0, 0.05) is 16.6 Å². The Morgan fingerprint density at radius 2 is 2.00 bits per heavy atom. The van der Waals surface area contributed by atoms with Crippen molar-refractivity contribution in [1.82, 2.24) is 4.98 Å². The minimum atomic E-state index is 0.247. The highest BCUT2D eigenvalue weighted by Gasteiger charge is 2.13. The first kappa shape index (κ1) is 15.8. The third-order valence-electron chi connectivity index (χ3n) is 3.13. The maximum Gasteiger partial charge on any atom is 0.121 e. The fraction of sp³-hybridized carbons (Fsp3) is 0.471. The van der Waals surface area contributed by atoms with E-state index < -0.39 is 0 Å². The van der Waals surface area contributed by atoms with Crippen molar-refractivity contribution in [2.45, 2.75) is 40.7 Å². The number of nitrogens with zero attached hydrogens (tertiary/aromatic N) is 1. The van der Waals surface area contributed by atoms with Crippen LogP contribution < -0.4 is 10.1 Å². The summed E-state index contributed by atoms with van der Waals surface area (Å²) < 4.78 is 5.77. The average molecular weight is 304 g/mol. The van der Waals surface area contributed by atoms with Gasteiger partial charge in [0.1, 0.15) is 5.75 Å². The Labute approximate surface area is 131 Å². The smallest absolute Gasteiger partial charge is 0.121 e. The molecule has 0 aliphatic rings. The van der Waals surface area contributed by atoms with E-state index in [1.807, 2.05) is 19.1 Å². The molecule has 0 fully saturated rings. The molecule has 114 valence electrons. The van der Waals surface area contributed by atoms with Crippen molar-refractivity contribution >= 4 is 17.0 Å². The molecule has 1 aromatic carbocycles. The van der Waals surface area contributed by atoms with Gasteiger partial charge in [0.15, 0.2) is 0 Å². The Balaban J connectivity index is 2.05. The number of anilines is 1. The molecule has 2 aromatic rings. The molecule has 0 aliphatic heterocycles. The number of hydrogen-bond acceptors (Lipinski definition) is 4. The molecule has 3 nitrogen and oxygen atoms in total. The Morgan fingerprint density at radius 1 is 1.24 bits per heavy atom. The summed E-state index contributed by atoms with van der Waals surface area (Å²) in [5.41, 5.74) is 2.19. The van der Waals surface area contributed by atoms with Gasteiger partial charge in [-0.15, -0.1) is 11.3 Å². The van der Waals surface area contributed by atoms with Crippen LogP contribution in [0.15, 0.2) is 24.3 Å². The van der Waals surface area contributed by atoms with Crippen molar-refractivity contribution in [1.29, 1.82) is 0 Å². The van der Waals surface area contributed by atoms with Crippen LogP contribution in [0.5, 0.6) is 5.75 Å². The Morgan fingerprint density at radius 3 is 2.62 bits per heavy atom. The molecule has 1 heterocycles. The zero-order valence-electron chi connectivity index (χ0n) is 13.4. The van der Waals surface area contributed by atoms with Crippen LogP contribution in [0.1, 0.15) is 42.4 Å². The van der Waals surface area contributed by atoms with Crippen molar-refractivity contribution in [3.63, 3.8) is 0 Å². The normalized spacial score (nSPS) is 12.5. The van der Waals surface area contributed by atoms with Crippen LogP contribution in [0.25, 0.3) is 0 Å². The lowest BCUT2D eigenvalue weighted by Gasteiger charge is -2.16. The monoisotopic (exact) mass is 304 g/mol. The molecular formula is C17H24N2OS. The quantitative estimate of drug-likeness (QED) is 0.818. The Hall–Kier alpha value is -1.55. The third kappa shape index (κ3) is 4.46. The van der Waals surface area contributed by atoms with Gasteiger partial charge in [-0.05, 0) is 38.8 Å². The van der Waals surface area contributed by atoms with Gasteiger partial charge in [0.05, 0.1) is 23.4 Å². The molecule has 0 radical (unpaired) electrons. The van der Waals surface area contributed by atoms with Crippen LogP contribution in [0.3, 0.4) is 0 Å². The molecule has 1 unspecified atom stereocenters. The maximum absolute atomic E-state index is 5.77. The summed E-state index contributed by atoms with van der Waals surface area (Å²) in [5.74, 6) is 1.45. The van der Waals surface area contributed by atoms with Gasteiger partial charge in [-0.25, -0.2) is 4.98 Å². The van der Waals surface area contributed by atoms with Gasteiger partial charge in [0.2, 0.25) is 0 Å². The topological polar surface area (TPSA) is 34.2 Å². The lowest BCUT2D eigenvalue weighted by atomic mass is 10.2. The van der Waals surface area contributed by atoms with Crippen LogP contribution >= 0.6 is 11.3 Å². The summed E-state index contributed by atoms with van der Waals surface area (Å²) in [6.45, 7) is 11.3. The molecule has 0 aliphatic carbocycles. The van der Waals surface area contributed by atoms with Gasteiger partial charge < -0.3 is 10.1 Å². The molecule has 1 aromatic heterocycles. The summed E-state index contributed by atoms with van der Waals surface area (Å²) in [7, 11) is 0. The molecule has 21 heavy (non-hydrogen) atoms. The van der Waals surface area contributed by atoms with E-state index in [1.54, 1.807) is 11.3 Å². The minimum absolute atomic E-state index is 0.247. The van der Waals surface area contributed by atoms with Crippen molar-refractivity contribution in [3.05, 3.63) is 39.8 Å². The average Bonchev–Trinajstić information content (AvgIpc) is 2.76. The molecule has 0 spiro atoms. The second-order valence-corrected chi connectivity index (χ2v) is 7.02. The Kier molecular flexibility index (Phi) is 5.23. The number of aryl methyl sites for hydroxylation is 2. The third-order valence-corrected chi connectivity index (χ3v) is 4.39. The van der Waals surface area contributed by atoms with Crippen molar-refractivity contribution in [2.24, 2.45) is 5.92 Å².